The summed E-state index contributed by atoms with van der Waals surface area (Å²) in [6.07, 6.45) is 7.89. The van der Waals surface area contributed by atoms with Crippen LogP contribution in [0.25, 0.3) is 0 Å². The van der Waals surface area contributed by atoms with Crippen molar-refractivity contribution in [2.45, 2.75) is 57.0 Å². The van der Waals surface area contributed by atoms with Crippen LogP contribution in [0.2, 0.25) is 5.02 Å². The van der Waals surface area contributed by atoms with E-state index in [1.807, 2.05) is 0 Å². The van der Waals surface area contributed by atoms with Gasteiger partial charge in [0.25, 0.3) is 0 Å². The van der Waals surface area contributed by atoms with Gasteiger partial charge in [-0.25, -0.2) is 0 Å². The van der Waals surface area contributed by atoms with Gasteiger partial charge in [-0.2, -0.15) is 0 Å². The standard InChI is InChI=1S/C17H24ClIN2/c1-2-14-11-20-17(8-4-3-5-9-17)12-21(14)16-7-6-13(19)10-15(16)18/h6-7,10,14,20H,2-5,8-9,11-12H2,1H3. The number of hydrogen-bond donors (Lipinski definition) is 1. The quantitative estimate of drug-likeness (QED) is 0.692. The summed E-state index contributed by atoms with van der Waals surface area (Å²) >= 11 is 8.87. The van der Waals surface area contributed by atoms with Gasteiger partial charge < -0.3 is 10.2 Å². The van der Waals surface area contributed by atoms with Crippen molar-refractivity contribution in [2.24, 2.45) is 0 Å². The maximum Gasteiger partial charge on any atom is 0.0650 e. The molecule has 0 radical (unpaired) electrons. The highest BCUT2D eigenvalue weighted by Crippen LogP contribution is 2.37. The lowest BCUT2D eigenvalue weighted by Gasteiger charge is -2.50. The Balaban J connectivity index is 1.88. The summed E-state index contributed by atoms with van der Waals surface area (Å²) in [5.74, 6) is 0. The fourth-order valence-electron chi connectivity index (χ4n) is 3.88. The number of benzene rings is 1. The largest absolute Gasteiger partial charge is 0.364 e. The summed E-state index contributed by atoms with van der Waals surface area (Å²) in [6, 6.07) is 7.01. The summed E-state index contributed by atoms with van der Waals surface area (Å²) in [4.78, 5) is 2.57. The van der Waals surface area contributed by atoms with Crippen LogP contribution in [0.1, 0.15) is 45.4 Å². The maximum absolute atomic E-state index is 6.55. The van der Waals surface area contributed by atoms with E-state index in [1.54, 1.807) is 0 Å². The molecule has 1 saturated heterocycles. The lowest BCUT2D eigenvalue weighted by atomic mass is 9.79. The van der Waals surface area contributed by atoms with Gasteiger partial charge in [0, 0.05) is 28.2 Å². The first-order valence-corrected chi connectivity index (χ1v) is 9.56. The first kappa shape index (κ1) is 15.9. The fourth-order valence-corrected chi connectivity index (χ4v) is 4.84. The predicted octanol–water partition coefficient (Wildman–Crippen LogP) is 4.84. The molecule has 3 rings (SSSR count). The molecule has 1 spiro atoms. The van der Waals surface area contributed by atoms with E-state index in [9.17, 15) is 0 Å². The van der Waals surface area contributed by atoms with Crippen LogP contribution in [-0.4, -0.2) is 24.7 Å². The molecule has 1 N–H and O–H groups in total. The van der Waals surface area contributed by atoms with Crippen LogP contribution < -0.4 is 10.2 Å². The maximum atomic E-state index is 6.55. The normalized spacial score (nSPS) is 25.3. The van der Waals surface area contributed by atoms with E-state index in [1.165, 1.54) is 41.4 Å². The lowest BCUT2D eigenvalue weighted by Crippen LogP contribution is -2.65. The average molecular weight is 419 g/mol. The summed E-state index contributed by atoms with van der Waals surface area (Å²) in [5.41, 5.74) is 1.53. The van der Waals surface area contributed by atoms with Crippen LogP contribution in [-0.2, 0) is 0 Å². The molecular formula is C17H24ClIN2. The minimum absolute atomic E-state index is 0.316. The molecular weight excluding hydrogens is 395 g/mol. The summed E-state index contributed by atoms with van der Waals surface area (Å²) in [5, 5.41) is 4.78. The summed E-state index contributed by atoms with van der Waals surface area (Å²) in [6.45, 7) is 4.46. The minimum atomic E-state index is 0.316. The molecule has 1 aromatic rings. The second kappa shape index (κ2) is 6.63. The van der Waals surface area contributed by atoms with Crippen LogP contribution in [0.15, 0.2) is 18.2 Å². The second-order valence-electron chi connectivity index (χ2n) is 6.51. The first-order chi connectivity index (χ1) is 10.1. The van der Waals surface area contributed by atoms with E-state index < -0.39 is 0 Å². The Morgan fingerprint density at radius 2 is 2.10 bits per heavy atom. The monoisotopic (exact) mass is 418 g/mol. The number of halogens is 2. The van der Waals surface area contributed by atoms with Crippen LogP contribution in [0.4, 0.5) is 5.69 Å². The molecule has 1 aliphatic heterocycles. The SMILES string of the molecule is CCC1CNC2(CCCCC2)CN1c1ccc(I)cc1Cl. The molecule has 1 aliphatic carbocycles. The van der Waals surface area contributed by atoms with Crippen molar-refractivity contribution in [3.63, 3.8) is 0 Å². The number of anilines is 1. The summed E-state index contributed by atoms with van der Waals surface area (Å²) < 4.78 is 1.21. The van der Waals surface area contributed by atoms with Gasteiger partial charge in [-0.3, -0.25) is 0 Å². The third-order valence-electron chi connectivity index (χ3n) is 5.13. The number of piperazine rings is 1. The van der Waals surface area contributed by atoms with Crippen molar-refractivity contribution in [3.05, 3.63) is 26.8 Å². The van der Waals surface area contributed by atoms with E-state index in [-0.39, 0.29) is 0 Å². The van der Waals surface area contributed by atoms with Gasteiger partial charge in [-0.05, 0) is 60.1 Å². The van der Waals surface area contributed by atoms with Crippen molar-refractivity contribution in [1.82, 2.24) is 5.32 Å². The third kappa shape index (κ3) is 3.35. The second-order valence-corrected chi connectivity index (χ2v) is 8.16. The Morgan fingerprint density at radius 1 is 1.33 bits per heavy atom. The Hall–Kier alpha value is -0.0000000000000000555. The molecule has 2 aliphatic rings. The fraction of sp³-hybridized carbons (Fsp3) is 0.647. The smallest absolute Gasteiger partial charge is 0.0650 e. The van der Waals surface area contributed by atoms with E-state index in [0.29, 0.717) is 11.6 Å². The molecule has 2 fully saturated rings. The average Bonchev–Trinajstić information content (AvgIpc) is 2.48. The van der Waals surface area contributed by atoms with Crippen molar-refractivity contribution in [2.75, 3.05) is 18.0 Å². The van der Waals surface area contributed by atoms with E-state index in [2.05, 4.69) is 57.9 Å². The van der Waals surface area contributed by atoms with Gasteiger partial charge in [0.05, 0.1) is 10.7 Å². The molecule has 1 heterocycles. The van der Waals surface area contributed by atoms with E-state index >= 15 is 0 Å². The van der Waals surface area contributed by atoms with Crippen molar-refractivity contribution in [3.8, 4) is 0 Å². The molecule has 0 aromatic heterocycles. The Labute approximate surface area is 146 Å². The van der Waals surface area contributed by atoms with Crippen LogP contribution in [0.5, 0.6) is 0 Å². The zero-order valence-electron chi connectivity index (χ0n) is 12.7. The number of rotatable bonds is 2. The van der Waals surface area contributed by atoms with Crippen LogP contribution in [0.3, 0.4) is 0 Å². The number of hydrogen-bond acceptors (Lipinski definition) is 2. The Morgan fingerprint density at radius 3 is 2.76 bits per heavy atom. The van der Waals surface area contributed by atoms with Gasteiger partial charge in [-0.15, -0.1) is 0 Å². The van der Waals surface area contributed by atoms with Gasteiger partial charge >= 0.3 is 0 Å². The number of nitrogens with zero attached hydrogens (tertiary/aromatic N) is 1. The van der Waals surface area contributed by atoms with E-state index in [0.717, 1.165) is 24.5 Å². The van der Waals surface area contributed by atoms with Gasteiger partial charge in [-0.1, -0.05) is 37.8 Å². The Bertz CT molecular complexity index is 500. The van der Waals surface area contributed by atoms with Crippen molar-refractivity contribution < 1.29 is 0 Å². The molecule has 1 saturated carbocycles. The van der Waals surface area contributed by atoms with Gasteiger partial charge in [0.15, 0.2) is 0 Å². The molecule has 0 bridgehead atoms. The first-order valence-electron chi connectivity index (χ1n) is 8.10. The zero-order valence-corrected chi connectivity index (χ0v) is 15.6. The highest BCUT2D eigenvalue weighted by molar-refractivity contribution is 14.1. The van der Waals surface area contributed by atoms with Gasteiger partial charge in [0.1, 0.15) is 0 Å². The molecule has 1 atom stereocenters. The highest BCUT2D eigenvalue weighted by Gasteiger charge is 2.39. The summed E-state index contributed by atoms with van der Waals surface area (Å²) in [7, 11) is 0. The molecule has 2 nitrogen and oxygen atoms in total. The van der Waals surface area contributed by atoms with Gasteiger partial charge in [0.2, 0.25) is 0 Å². The molecule has 1 unspecified atom stereocenters. The molecule has 116 valence electrons. The molecule has 4 heteroatoms. The topological polar surface area (TPSA) is 15.3 Å². The Kier molecular flexibility index (Phi) is 5.01. The minimum Gasteiger partial charge on any atom is -0.364 e. The lowest BCUT2D eigenvalue weighted by molar-refractivity contribution is 0.196. The third-order valence-corrected chi connectivity index (χ3v) is 6.10. The van der Waals surface area contributed by atoms with Crippen LogP contribution >= 0.6 is 34.2 Å². The molecule has 21 heavy (non-hydrogen) atoms. The highest BCUT2D eigenvalue weighted by atomic mass is 127. The van der Waals surface area contributed by atoms with Crippen LogP contribution in [0, 0.1) is 3.57 Å². The van der Waals surface area contributed by atoms with Crippen molar-refractivity contribution in [1.29, 1.82) is 0 Å². The predicted molar refractivity (Wildman–Crippen MR) is 99.4 cm³/mol. The zero-order chi connectivity index (χ0) is 14.9. The molecule has 1 aromatic carbocycles. The number of nitrogens with one attached hydrogen (secondary N) is 1. The van der Waals surface area contributed by atoms with Crippen molar-refractivity contribution >= 4 is 39.9 Å². The molecule has 0 amide bonds. The van der Waals surface area contributed by atoms with E-state index in [4.69, 9.17) is 11.6 Å².